The Labute approximate surface area is 183 Å². The Kier molecular flexibility index (Phi) is 10.2. The summed E-state index contributed by atoms with van der Waals surface area (Å²) in [6, 6.07) is 2.51. The average Bonchev–Trinajstić information content (AvgIpc) is 2.69. The lowest BCUT2D eigenvalue weighted by Gasteiger charge is -2.21. The van der Waals surface area contributed by atoms with Crippen LogP contribution in [0.1, 0.15) is 102 Å². The van der Waals surface area contributed by atoms with Crippen LogP contribution in [0.2, 0.25) is 0 Å². The fourth-order valence-electron chi connectivity index (χ4n) is 2.56. The number of esters is 4. The number of carbonyl (C=O) groups is 4. The third kappa shape index (κ3) is 7.70. The maximum Gasteiger partial charge on any atom is 0.339 e. The van der Waals surface area contributed by atoms with E-state index in [1.54, 1.807) is 34.6 Å². The van der Waals surface area contributed by atoms with E-state index in [1.165, 1.54) is 12.1 Å². The van der Waals surface area contributed by atoms with Gasteiger partial charge in [-0.1, -0.05) is 20.3 Å². The van der Waals surface area contributed by atoms with Crippen molar-refractivity contribution in [2.24, 2.45) is 0 Å². The molecule has 1 aromatic carbocycles. The van der Waals surface area contributed by atoms with E-state index < -0.39 is 29.5 Å². The molecule has 0 saturated heterocycles. The SMILES string of the molecule is CCCCOC(=O)c1c(C(=O)OC(C)(C)C)ccc(C(=O)OCC)c1C(=O)OCCC. The molecule has 0 spiro atoms. The zero-order valence-corrected chi connectivity index (χ0v) is 19.2. The monoisotopic (exact) mass is 436 g/mol. The number of unbranched alkanes of at least 4 members (excludes halogenated alkanes) is 1. The Hall–Kier alpha value is -2.90. The molecule has 0 atom stereocenters. The van der Waals surface area contributed by atoms with Crippen LogP contribution in [0, 0.1) is 0 Å². The smallest absolute Gasteiger partial charge is 0.339 e. The maximum absolute atomic E-state index is 13.0. The minimum Gasteiger partial charge on any atom is -0.462 e. The number of rotatable bonds is 10. The van der Waals surface area contributed by atoms with Crippen molar-refractivity contribution in [3.63, 3.8) is 0 Å². The number of ether oxygens (including phenoxy) is 4. The van der Waals surface area contributed by atoms with Crippen LogP contribution in [-0.2, 0) is 18.9 Å². The van der Waals surface area contributed by atoms with Gasteiger partial charge >= 0.3 is 23.9 Å². The highest BCUT2D eigenvalue weighted by Crippen LogP contribution is 2.25. The molecule has 8 heteroatoms. The van der Waals surface area contributed by atoms with Gasteiger partial charge in [-0.25, -0.2) is 19.2 Å². The van der Waals surface area contributed by atoms with Gasteiger partial charge in [0, 0.05) is 0 Å². The van der Waals surface area contributed by atoms with E-state index in [0.717, 1.165) is 6.42 Å². The summed E-state index contributed by atoms with van der Waals surface area (Å²) in [4.78, 5) is 51.1. The summed E-state index contributed by atoms with van der Waals surface area (Å²) in [7, 11) is 0. The summed E-state index contributed by atoms with van der Waals surface area (Å²) < 4.78 is 20.9. The van der Waals surface area contributed by atoms with Gasteiger partial charge in [-0.15, -0.1) is 0 Å². The zero-order valence-electron chi connectivity index (χ0n) is 19.2. The quantitative estimate of drug-likeness (QED) is 0.303. The van der Waals surface area contributed by atoms with E-state index in [0.29, 0.717) is 12.8 Å². The van der Waals surface area contributed by atoms with E-state index in [1.807, 2.05) is 6.92 Å². The van der Waals surface area contributed by atoms with Crippen LogP contribution in [0.3, 0.4) is 0 Å². The van der Waals surface area contributed by atoms with Crippen LogP contribution >= 0.6 is 0 Å². The minimum atomic E-state index is -0.919. The molecule has 0 N–H and O–H groups in total. The van der Waals surface area contributed by atoms with Gasteiger partial charge in [0.2, 0.25) is 0 Å². The molecule has 0 radical (unpaired) electrons. The first-order valence-corrected chi connectivity index (χ1v) is 10.5. The van der Waals surface area contributed by atoms with Crippen molar-refractivity contribution in [2.45, 2.75) is 66.4 Å². The lowest BCUT2D eigenvalue weighted by molar-refractivity contribution is 0.00633. The van der Waals surface area contributed by atoms with Crippen LogP contribution in [0.15, 0.2) is 12.1 Å². The molecule has 0 aromatic heterocycles. The van der Waals surface area contributed by atoms with E-state index in [4.69, 9.17) is 18.9 Å². The lowest BCUT2D eigenvalue weighted by Crippen LogP contribution is -2.28. The van der Waals surface area contributed by atoms with Gasteiger partial charge < -0.3 is 18.9 Å². The second-order valence-corrected chi connectivity index (χ2v) is 7.76. The summed E-state index contributed by atoms with van der Waals surface area (Å²) in [5, 5.41) is 0. The second kappa shape index (κ2) is 12.1. The standard InChI is InChI=1S/C23H32O8/c1-7-10-14-30-22(27)18-16(20(25)31-23(4,5)6)12-11-15(19(24)28-9-3)17(18)21(26)29-13-8-2/h11-12H,7-10,13-14H2,1-6H3. The van der Waals surface area contributed by atoms with Crippen molar-refractivity contribution < 1.29 is 38.1 Å². The Morgan fingerprint density at radius 2 is 1.23 bits per heavy atom. The Balaban J connectivity index is 3.69. The summed E-state index contributed by atoms with van der Waals surface area (Å²) in [5.74, 6) is -3.47. The Bertz CT molecular complexity index is 805. The van der Waals surface area contributed by atoms with E-state index in [-0.39, 0.29) is 42.1 Å². The molecular weight excluding hydrogens is 404 g/mol. The highest BCUT2D eigenvalue weighted by Gasteiger charge is 2.33. The molecule has 0 bridgehead atoms. The molecule has 0 fully saturated rings. The molecule has 0 aliphatic rings. The first kappa shape index (κ1) is 26.1. The summed E-state index contributed by atoms with van der Waals surface area (Å²) >= 11 is 0. The van der Waals surface area contributed by atoms with Gasteiger partial charge in [-0.2, -0.15) is 0 Å². The van der Waals surface area contributed by atoms with E-state index in [2.05, 4.69) is 0 Å². The van der Waals surface area contributed by atoms with Gasteiger partial charge in [0.05, 0.1) is 42.1 Å². The summed E-state index contributed by atoms with van der Waals surface area (Å²) in [6.45, 7) is 10.6. The third-order valence-corrected chi connectivity index (χ3v) is 3.90. The second-order valence-electron chi connectivity index (χ2n) is 7.76. The predicted octanol–water partition coefficient (Wildman–Crippen LogP) is 4.34. The van der Waals surface area contributed by atoms with Crippen LogP contribution in [0.4, 0.5) is 0 Å². The van der Waals surface area contributed by atoms with Gasteiger partial charge in [0.1, 0.15) is 5.60 Å². The third-order valence-electron chi connectivity index (χ3n) is 3.90. The first-order chi connectivity index (χ1) is 14.6. The van der Waals surface area contributed by atoms with Gasteiger partial charge in [-0.05, 0) is 52.7 Å². The van der Waals surface area contributed by atoms with Crippen molar-refractivity contribution in [2.75, 3.05) is 19.8 Å². The van der Waals surface area contributed by atoms with Crippen LogP contribution < -0.4 is 0 Å². The van der Waals surface area contributed by atoms with Crippen LogP contribution in [-0.4, -0.2) is 49.3 Å². The number of carbonyl (C=O) groups excluding carboxylic acids is 4. The van der Waals surface area contributed by atoms with E-state index in [9.17, 15) is 19.2 Å². The normalized spacial score (nSPS) is 10.9. The molecule has 0 unspecified atom stereocenters. The largest absolute Gasteiger partial charge is 0.462 e. The maximum atomic E-state index is 13.0. The highest BCUT2D eigenvalue weighted by atomic mass is 16.6. The summed E-state index contributed by atoms with van der Waals surface area (Å²) in [6.07, 6.45) is 1.91. The average molecular weight is 437 g/mol. The molecule has 0 amide bonds. The van der Waals surface area contributed by atoms with Gasteiger partial charge in [0.15, 0.2) is 0 Å². The minimum absolute atomic E-state index is 0.0619. The first-order valence-electron chi connectivity index (χ1n) is 10.5. The molecule has 0 aliphatic carbocycles. The lowest BCUT2D eigenvalue weighted by atomic mass is 9.95. The van der Waals surface area contributed by atoms with Gasteiger partial charge in [-0.3, -0.25) is 0 Å². The van der Waals surface area contributed by atoms with E-state index >= 15 is 0 Å². The fourth-order valence-corrected chi connectivity index (χ4v) is 2.56. The summed E-state index contributed by atoms with van der Waals surface area (Å²) in [5.41, 5.74) is -1.94. The zero-order chi connectivity index (χ0) is 23.6. The van der Waals surface area contributed by atoms with Gasteiger partial charge in [0.25, 0.3) is 0 Å². The molecule has 0 aliphatic heterocycles. The van der Waals surface area contributed by atoms with Crippen LogP contribution in [0.5, 0.6) is 0 Å². The number of hydrogen-bond acceptors (Lipinski definition) is 8. The number of benzene rings is 1. The molecule has 0 heterocycles. The molecule has 8 nitrogen and oxygen atoms in total. The molecule has 1 rings (SSSR count). The van der Waals surface area contributed by atoms with Crippen molar-refractivity contribution in [3.05, 3.63) is 34.4 Å². The molecule has 31 heavy (non-hydrogen) atoms. The Morgan fingerprint density at radius 1 is 0.710 bits per heavy atom. The number of hydrogen-bond donors (Lipinski definition) is 0. The predicted molar refractivity (Wildman–Crippen MR) is 113 cm³/mol. The highest BCUT2D eigenvalue weighted by molar-refractivity contribution is 6.15. The van der Waals surface area contributed by atoms with Crippen LogP contribution in [0.25, 0.3) is 0 Å². The topological polar surface area (TPSA) is 105 Å². The van der Waals surface area contributed by atoms with Crippen molar-refractivity contribution in [1.82, 2.24) is 0 Å². The molecule has 1 aromatic rings. The fraction of sp³-hybridized carbons (Fsp3) is 0.565. The molecule has 0 saturated carbocycles. The molecular formula is C23H32O8. The van der Waals surface area contributed by atoms with Crippen molar-refractivity contribution in [1.29, 1.82) is 0 Å². The Morgan fingerprint density at radius 3 is 1.68 bits per heavy atom. The van der Waals surface area contributed by atoms with Crippen molar-refractivity contribution in [3.8, 4) is 0 Å². The van der Waals surface area contributed by atoms with Crippen molar-refractivity contribution >= 4 is 23.9 Å². The molecule has 172 valence electrons.